The SMILES string of the molecule is COC(=O)c1c(NC(=O)CSc2nnc(C(C)Oc3ccc(C)c(C)c3)n2C)sc2c1CCCC2. The number of aromatic nitrogens is 3. The topological polar surface area (TPSA) is 95.3 Å². The standard InChI is InChI=1S/C25H30N4O4S2/c1-14-10-11-17(12-15(14)2)33-16(3)22-27-28-25(29(22)4)34-13-20(30)26-23-21(24(31)32-5)18-8-6-7-9-19(18)35-23/h10-12,16H,6-9,13H2,1-5H3,(H,26,30). The smallest absolute Gasteiger partial charge is 0.341 e. The summed E-state index contributed by atoms with van der Waals surface area (Å²) in [5.74, 6) is 0.981. The molecule has 186 valence electrons. The van der Waals surface area contributed by atoms with Crippen LogP contribution in [0.2, 0.25) is 0 Å². The Morgan fingerprint density at radius 1 is 1.20 bits per heavy atom. The van der Waals surface area contributed by atoms with Gasteiger partial charge in [-0.2, -0.15) is 0 Å². The normalized spacial score (nSPS) is 13.7. The molecule has 2 aromatic heterocycles. The molecule has 0 saturated carbocycles. The first kappa shape index (κ1) is 25.2. The highest BCUT2D eigenvalue weighted by Gasteiger charge is 2.27. The van der Waals surface area contributed by atoms with E-state index in [2.05, 4.69) is 29.4 Å². The summed E-state index contributed by atoms with van der Waals surface area (Å²) >= 11 is 2.77. The summed E-state index contributed by atoms with van der Waals surface area (Å²) in [6, 6.07) is 5.98. The monoisotopic (exact) mass is 514 g/mol. The van der Waals surface area contributed by atoms with Crippen molar-refractivity contribution in [3.05, 3.63) is 51.2 Å². The number of amides is 1. The highest BCUT2D eigenvalue weighted by atomic mass is 32.2. The van der Waals surface area contributed by atoms with Crippen molar-refractivity contribution in [2.45, 2.75) is 57.7 Å². The number of rotatable bonds is 8. The minimum absolute atomic E-state index is 0.140. The van der Waals surface area contributed by atoms with E-state index in [0.29, 0.717) is 21.5 Å². The number of aryl methyl sites for hydroxylation is 3. The number of nitrogens with zero attached hydrogens (tertiary/aromatic N) is 3. The quantitative estimate of drug-likeness (QED) is 0.333. The van der Waals surface area contributed by atoms with Gasteiger partial charge in [0.15, 0.2) is 17.1 Å². The number of esters is 1. The van der Waals surface area contributed by atoms with E-state index in [0.717, 1.165) is 47.4 Å². The molecule has 4 rings (SSSR count). The van der Waals surface area contributed by atoms with Crippen LogP contribution in [0, 0.1) is 13.8 Å². The number of benzene rings is 1. The van der Waals surface area contributed by atoms with Gasteiger partial charge < -0.3 is 19.4 Å². The Labute approximate surface area is 213 Å². The number of hydrogen-bond acceptors (Lipinski definition) is 8. The fraction of sp³-hybridized carbons (Fsp3) is 0.440. The van der Waals surface area contributed by atoms with E-state index in [1.165, 1.54) is 35.8 Å². The lowest BCUT2D eigenvalue weighted by atomic mass is 9.95. The van der Waals surface area contributed by atoms with Crippen LogP contribution in [0.25, 0.3) is 0 Å². The predicted octanol–water partition coefficient (Wildman–Crippen LogP) is 5.03. The second-order valence-electron chi connectivity index (χ2n) is 8.65. The number of thioether (sulfide) groups is 1. The number of carbonyl (C=O) groups excluding carboxylic acids is 2. The minimum atomic E-state index is -0.400. The molecule has 1 aromatic carbocycles. The summed E-state index contributed by atoms with van der Waals surface area (Å²) in [5, 5.41) is 12.6. The van der Waals surface area contributed by atoms with Gasteiger partial charge in [-0.1, -0.05) is 17.8 Å². The van der Waals surface area contributed by atoms with Crippen LogP contribution in [-0.2, 0) is 29.4 Å². The summed E-state index contributed by atoms with van der Waals surface area (Å²) in [7, 11) is 3.23. The van der Waals surface area contributed by atoms with E-state index in [4.69, 9.17) is 9.47 Å². The molecule has 1 N–H and O–H groups in total. The van der Waals surface area contributed by atoms with Crippen molar-refractivity contribution >= 4 is 40.0 Å². The summed E-state index contributed by atoms with van der Waals surface area (Å²) in [5.41, 5.74) is 3.90. The molecule has 35 heavy (non-hydrogen) atoms. The van der Waals surface area contributed by atoms with E-state index in [1.807, 2.05) is 36.7 Å². The molecule has 1 unspecified atom stereocenters. The molecule has 1 aliphatic rings. The Kier molecular flexibility index (Phi) is 7.81. The van der Waals surface area contributed by atoms with Gasteiger partial charge in [0.05, 0.1) is 18.4 Å². The summed E-state index contributed by atoms with van der Waals surface area (Å²) in [6.45, 7) is 6.04. The van der Waals surface area contributed by atoms with Crippen molar-refractivity contribution in [1.82, 2.24) is 14.8 Å². The molecule has 3 aromatic rings. The van der Waals surface area contributed by atoms with Crippen molar-refractivity contribution in [3.63, 3.8) is 0 Å². The van der Waals surface area contributed by atoms with Crippen molar-refractivity contribution in [1.29, 1.82) is 0 Å². The molecule has 0 fully saturated rings. The van der Waals surface area contributed by atoms with Crippen LogP contribution in [0.15, 0.2) is 23.4 Å². The predicted molar refractivity (Wildman–Crippen MR) is 138 cm³/mol. The molecular formula is C25H30N4O4S2. The van der Waals surface area contributed by atoms with Crippen LogP contribution in [0.1, 0.15) is 63.6 Å². The van der Waals surface area contributed by atoms with E-state index >= 15 is 0 Å². The van der Waals surface area contributed by atoms with Crippen molar-refractivity contribution in [2.24, 2.45) is 7.05 Å². The maximum Gasteiger partial charge on any atom is 0.341 e. The molecule has 1 atom stereocenters. The zero-order valence-electron chi connectivity index (χ0n) is 20.6. The molecule has 0 bridgehead atoms. The number of methoxy groups -OCH3 is 1. The number of carbonyl (C=O) groups is 2. The van der Waals surface area contributed by atoms with Gasteiger partial charge in [-0.05, 0) is 75.3 Å². The first-order chi connectivity index (χ1) is 16.8. The lowest BCUT2D eigenvalue weighted by Crippen LogP contribution is -2.17. The molecule has 0 saturated heterocycles. The average molecular weight is 515 g/mol. The zero-order valence-corrected chi connectivity index (χ0v) is 22.3. The Balaban J connectivity index is 1.40. The molecule has 2 heterocycles. The fourth-order valence-electron chi connectivity index (χ4n) is 4.11. The number of hydrogen-bond donors (Lipinski definition) is 1. The fourth-order valence-corrected chi connectivity index (χ4v) is 6.13. The van der Waals surface area contributed by atoms with Crippen LogP contribution in [0.3, 0.4) is 0 Å². The number of ether oxygens (including phenoxy) is 2. The Bertz CT molecular complexity index is 1250. The van der Waals surface area contributed by atoms with Crippen molar-refractivity contribution < 1.29 is 19.1 Å². The molecular weight excluding hydrogens is 484 g/mol. The van der Waals surface area contributed by atoms with Gasteiger partial charge in [0.1, 0.15) is 10.8 Å². The number of nitrogens with one attached hydrogen (secondary N) is 1. The molecule has 8 nitrogen and oxygen atoms in total. The Morgan fingerprint density at radius 2 is 1.97 bits per heavy atom. The zero-order chi connectivity index (χ0) is 25.1. The highest BCUT2D eigenvalue weighted by molar-refractivity contribution is 7.99. The Morgan fingerprint density at radius 3 is 2.71 bits per heavy atom. The summed E-state index contributed by atoms with van der Waals surface area (Å²) in [4.78, 5) is 26.3. The van der Waals surface area contributed by atoms with E-state index in [-0.39, 0.29) is 17.8 Å². The van der Waals surface area contributed by atoms with Gasteiger partial charge in [-0.25, -0.2) is 4.79 Å². The molecule has 1 amide bonds. The molecule has 0 aliphatic heterocycles. The summed E-state index contributed by atoms with van der Waals surface area (Å²) in [6.07, 6.45) is 3.59. The molecule has 10 heteroatoms. The van der Waals surface area contributed by atoms with Crippen LogP contribution in [0.4, 0.5) is 5.00 Å². The molecule has 0 spiro atoms. The van der Waals surface area contributed by atoms with Crippen LogP contribution in [-0.4, -0.2) is 39.5 Å². The van der Waals surface area contributed by atoms with Gasteiger partial charge in [-0.15, -0.1) is 21.5 Å². The van der Waals surface area contributed by atoms with Gasteiger partial charge >= 0.3 is 5.97 Å². The first-order valence-corrected chi connectivity index (χ1v) is 13.4. The Hall–Kier alpha value is -2.85. The second-order valence-corrected chi connectivity index (χ2v) is 10.7. The maximum absolute atomic E-state index is 12.8. The largest absolute Gasteiger partial charge is 0.483 e. The first-order valence-electron chi connectivity index (χ1n) is 11.6. The lowest BCUT2D eigenvalue weighted by Gasteiger charge is -2.15. The van der Waals surface area contributed by atoms with Gasteiger partial charge in [-0.3, -0.25) is 4.79 Å². The maximum atomic E-state index is 12.8. The van der Waals surface area contributed by atoms with E-state index in [1.54, 1.807) is 0 Å². The highest BCUT2D eigenvalue weighted by Crippen LogP contribution is 2.38. The number of anilines is 1. The lowest BCUT2D eigenvalue weighted by molar-refractivity contribution is -0.113. The van der Waals surface area contributed by atoms with Crippen LogP contribution >= 0.6 is 23.1 Å². The van der Waals surface area contributed by atoms with Gasteiger partial charge in [0.25, 0.3) is 0 Å². The molecule has 0 radical (unpaired) electrons. The van der Waals surface area contributed by atoms with Crippen LogP contribution < -0.4 is 10.1 Å². The number of fused-ring (bicyclic) bond motifs is 1. The third-order valence-corrected chi connectivity index (χ3v) is 8.40. The third-order valence-electron chi connectivity index (χ3n) is 6.17. The van der Waals surface area contributed by atoms with Crippen LogP contribution in [0.5, 0.6) is 5.75 Å². The third kappa shape index (κ3) is 5.54. The van der Waals surface area contributed by atoms with Gasteiger partial charge in [0.2, 0.25) is 5.91 Å². The summed E-state index contributed by atoms with van der Waals surface area (Å²) < 4.78 is 12.9. The minimum Gasteiger partial charge on any atom is -0.483 e. The number of thiophene rings is 1. The van der Waals surface area contributed by atoms with Gasteiger partial charge in [0, 0.05) is 11.9 Å². The van der Waals surface area contributed by atoms with Crippen molar-refractivity contribution in [3.8, 4) is 5.75 Å². The van der Waals surface area contributed by atoms with E-state index < -0.39 is 5.97 Å². The molecule has 1 aliphatic carbocycles. The van der Waals surface area contributed by atoms with Crippen molar-refractivity contribution in [2.75, 3.05) is 18.2 Å². The van der Waals surface area contributed by atoms with E-state index in [9.17, 15) is 9.59 Å². The second kappa shape index (κ2) is 10.8. The average Bonchev–Trinajstić information content (AvgIpc) is 3.39.